The minimum absolute atomic E-state index is 0.110. The number of carbonyl (C=O) groups is 1. The van der Waals surface area contributed by atoms with Crippen molar-refractivity contribution < 1.29 is 4.79 Å². The molecule has 0 aromatic carbocycles. The molecule has 2 heterocycles. The molecule has 80 valence electrons. The Kier molecular flexibility index (Phi) is 2.18. The summed E-state index contributed by atoms with van der Waals surface area (Å²) in [5, 5.41) is 0. The lowest BCUT2D eigenvalue weighted by atomic mass is 10.1. The first-order valence-corrected chi connectivity index (χ1v) is 4.71. The molecular formula is C9H12N4O2. The number of hydrogen-bond donors (Lipinski definition) is 2. The number of H-pyrrole nitrogens is 1. The van der Waals surface area contributed by atoms with Gasteiger partial charge in [0.15, 0.2) is 0 Å². The van der Waals surface area contributed by atoms with Gasteiger partial charge in [0.2, 0.25) is 0 Å². The van der Waals surface area contributed by atoms with Crippen molar-refractivity contribution in [2.75, 3.05) is 6.54 Å². The largest absolute Gasteiger partial charge is 0.351 e. The van der Waals surface area contributed by atoms with Crippen molar-refractivity contribution in [3.8, 4) is 0 Å². The zero-order chi connectivity index (χ0) is 11.0. The summed E-state index contributed by atoms with van der Waals surface area (Å²) < 4.78 is 0. The van der Waals surface area contributed by atoms with Gasteiger partial charge in [-0.3, -0.25) is 4.79 Å². The van der Waals surface area contributed by atoms with Gasteiger partial charge in [-0.1, -0.05) is 0 Å². The van der Waals surface area contributed by atoms with Crippen LogP contribution in [0, 0.1) is 6.92 Å². The zero-order valence-electron chi connectivity index (χ0n) is 8.41. The minimum Gasteiger partial charge on any atom is -0.351 e. The SMILES string of the molecule is Cc1nc2c(c(=O)[nH]1)CCN(C(N)=O)C2. The van der Waals surface area contributed by atoms with E-state index in [0.29, 0.717) is 36.6 Å². The maximum Gasteiger partial charge on any atom is 0.315 e. The minimum atomic E-state index is -0.472. The Bertz CT molecular complexity index is 466. The Balaban J connectivity index is 2.41. The van der Waals surface area contributed by atoms with E-state index in [1.807, 2.05) is 0 Å². The summed E-state index contributed by atoms with van der Waals surface area (Å²) in [6.45, 7) is 2.52. The molecule has 0 radical (unpaired) electrons. The number of fused-ring (bicyclic) bond motifs is 1. The molecule has 6 heteroatoms. The van der Waals surface area contributed by atoms with E-state index in [1.165, 1.54) is 4.90 Å². The summed E-state index contributed by atoms with van der Waals surface area (Å²) in [6.07, 6.45) is 0.515. The normalized spacial score (nSPS) is 14.9. The number of nitrogens with zero attached hydrogens (tertiary/aromatic N) is 2. The highest BCUT2D eigenvalue weighted by molar-refractivity contribution is 5.72. The maximum absolute atomic E-state index is 11.5. The Hall–Kier alpha value is -1.85. The van der Waals surface area contributed by atoms with Gasteiger partial charge in [0, 0.05) is 12.1 Å². The third kappa shape index (κ3) is 1.70. The summed E-state index contributed by atoms with van der Waals surface area (Å²) in [5.41, 5.74) is 6.38. The first-order chi connectivity index (χ1) is 7.08. The van der Waals surface area contributed by atoms with E-state index in [4.69, 9.17) is 5.73 Å². The molecule has 2 rings (SSSR count). The molecule has 0 bridgehead atoms. The van der Waals surface area contributed by atoms with E-state index in [2.05, 4.69) is 9.97 Å². The summed E-state index contributed by atoms with van der Waals surface area (Å²) in [5.74, 6) is 0.560. The van der Waals surface area contributed by atoms with E-state index < -0.39 is 6.03 Å². The third-order valence-corrected chi connectivity index (χ3v) is 2.50. The molecule has 0 atom stereocenters. The van der Waals surface area contributed by atoms with E-state index in [0.717, 1.165) is 0 Å². The van der Waals surface area contributed by atoms with Gasteiger partial charge in [0.1, 0.15) is 5.82 Å². The number of carbonyl (C=O) groups excluding carboxylic acids is 1. The van der Waals surface area contributed by atoms with Gasteiger partial charge < -0.3 is 15.6 Å². The molecule has 6 nitrogen and oxygen atoms in total. The predicted molar refractivity (Wildman–Crippen MR) is 53.3 cm³/mol. The van der Waals surface area contributed by atoms with Crippen molar-refractivity contribution in [2.24, 2.45) is 5.73 Å². The third-order valence-electron chi connectivity index (χ3n) is 2.50. The van der Waals surface area contributed by atoms with Gasteiger partial charge in [0.25, 0.3) is 5.56 Å². The van der Waals surface area contributed by atoms with Crippen LogP contribution in [0.1, 0.15) is 17.1 Å². The van der Waals surface area contributed by atoms with Crippen molar-refractivity contribution in [3.63, 3.8) is 0 Å². The second-order valence-electron chi connectivity index (χ2n) is 3.59. The van der Waals surface area contributed by atoms with Gasteiger partial charge in [-0.15, -0.1) is 0 Å². The lowest BCUT2D eigenvalue weighted by Gasteiger charge is -2.25. The molecule has 1 aliphatic heterocycles. The Morgan fingerprint density at radius 2 is 2.33 bits per heavy atom. The van der Waals surface area contributed by atoms with Crippen LogP contribution < -0.4 is 11.3 Å². The van der Waals surface area contributed by atoms with Crippen molar-refractivity contribution in [2.45, 2.75) is 19.9 Å². The van der Waals surface area contributed by atoms with E-state index in [1.54, 1.807) is 6.92 Å². The van der Waals surface area contributed by atoms with Crippen LogP contribution in [0.2, 0.25) is 0 Å². The number of nitrogens with one attached hydrogen (secondary N) is 1. The number of aryl methyl sites for hydroxylation is 1. The lowest BCUT2D eigenvalue weighted by Crippen LogP contribution is -2.42. The second-order valence-corrected chi connectivity index (χ2v) is 3.59. The van der Waals surface area contributed by atoms with Crippen LogP contribution in [-0.2, 0) is 13.0 Å². The summed E-state index contributed by atoms with van der Waals surface area (Å²) in [6, 6.07) is -0.472. The molecule has 2 amide bonds. The number of amides is 2. The van der Waals surface area contributed by atoms with Gasteiger partial charge >= 0.3 is 6.03 Å². The molecule has 3 N–H and O–H groups in total. The van der Waals surface area contributed by atoms with Crippen LogP contribution in [0.4, 0.5) is 4.79 Å². The maximum atomic E-state index is 11.5. The summed E-state index contributed by atoms with van der Waals surface area (Å²) in [4.78, 5) is 30.8. The molecule has 0 saturated heterocycles. The first-order valence-electron chi connectivity index (χ1n) is 4.71. The predicted octanol–water partition coefficient (Wildman–Crippen LogP) is -0.485. The number of primary amides is 1. The molecule has 0 fully saturated rings. The average molecular weight is 208 g/mol. The van der Waals surface area contributed by atoms with Crippen molar-refractivity contribution in [1.29, 1.82) is 0 Å². The van der Waals surface area contributed by atoms with Crippen LogP contribution in [0.25, 0.3) is 0 Å². The molecule has 1 aliphatic rings. The fourth-order valence-corrected chi connectivity index (χ4v) is 1.75. The van der Waals surface area contributed by atoms with Crippen molar-refractivity contribution in [1.82, 2.24) is 14.9 Å². The van der Waals surface area contributed by atoms with Crippen LogP contribution in [-0.4, -0.2) is 27.4 Å². The highest BCUT2D eigenvalue weighted by Gasteiger charge is 2.22. The molecule has 0 unspecified atom stereocenters. The van der Waals surface area contributed by atoms with Crippen LogP contribution in [0.5, 0.6) is 0 Å². The van der Waals surface area contributed by atoms with Crippen LogP contribution in [0.15, 0.2) is 4.79 Å². The molecule has 1 aromatic rings. The Labute approximate surface area is 86.1 Å². The molecule has 1 aromatic heterocycles. The quantitative estimate of drug-likeness (QED) is 0.602. The van der Waals surface area contributed by atoms with Crippen LogP contribution >= 0.6 is 0 Å². The highest BCUT2D eigenvalue weighted by Crippen LogP contribution is 2.12. The average Bonchev–Trinajstić information content (AvgIpc) is 2.16. The summed E-state index contributed by atoms with van der Waals surface area (Å²) in [7, 11) is 0. The molecule has 0 spiro atoms. The van der Waals surface area contributed by atoms with E-state index >= 15 is 0 Å². The Morgan fingerprint density at radius 1 is 1.60 bits per heavy atom. The molecule has 0 saturated carbocycles. The monoisotopic (exact) mass is 208 g/mol. The number of rotatable bonds is 0. The van der Waals surface area contributed by atoms with Crippen molar-refractivity contribution in [3.05, 3.63) is 27.4 Å². The number of hydrogen-bond acceptors (Lipinski definition) is 3. The lowest BCUT2D eigenvalue weighted by molar-refractivity contribution is 0.201. The van der Waals surface area contributed by atoms with E-state index in [9.17, 15) is 9.59 Å². The fraction of sp³-hybridized carbons (Fsp3) is 0.444. The highest BCUT2D eigenvalue weighted by atomic mass is 16.2. The molecule has 0 aliphatic carbocycles. The number of nitrogens with two attached hydrogens (primary N) is 1. The fourth-order valence-electron chi connectivity index (χ4n) is 1.75. The van der Waals surface area contributed by atoms with Crippen LogP contribution in [0.3, 0.4) is 0 Å². The van der Waals surface area contributed by atoms with Crippen molar-refractivity contribution >= 4 is 6.03 Å². The van der Waals surface area contributed by atoms with E-state index in [-0.39, 0.29) is 5.56 Å². The first kappa shape index (κ1) is 9.70. The standard InChI is InChI=1S/C9H12N4O2/c1-5-11-7-4-13(9(10)15)3-2-6(7)8(14)12-5/h2-4H2,1H3,(H2,10,15)(H,11,12,14). The smallest absolute Gasteiger partial charge is 0.315 e. The summed E-state index contributed by atoms with van der Waals surface area (Å²) >= 11 is 0. The number of aromatic nitrogens is 2. The van der Waals surface area contributed by atoms with Gasteiger partial charge in [0.05, 0.1) is 12.2 Å². The van der Waals surface area contributed by atoms with Gasteiger partial charge in [-0.2, -0.15) is 0 Å². The molecular weight excluding hydrogens is 196 g/mol. The Morgan fingerprint density at radius 3 is 3.00 bits per heavy atom. The second kappa shape index (κ2) is 3.38. The molecule has 15 heavy (non-hydrogen) atoms. The number of urea groups is 1. The van der Waals surface area contributed by atoms with Gasteiger partial charge in [-0.05, 0) is 13.3 Å². The zero-order valence-corrected chi connectivity index (χ0v) is 8.41. The number of aromatic amines is 1. The topological polar surface area (TPSA) is 92.1 Å². The van der Waals surface area contributed by atoms with Gasteiger partial charge in [-0.25, -0.2) is 9.78 Å².